The Bertz CT molecular complexity index is 558. The quantitative estimate of drug-likeness (QED) is 0.939. The van der Waals surface area contributed by atoms with Crippen molar-refractivity contribution in [3.05, 3.63) is 45.4 Å². The molecular formula is C13H15BrFN3. The lowest BCUT2D eigenvalue weighted by molar-refractivity contribution is 0.627. The number of benzene rings is 1. The topological polar surface area (TPSA) is 29.9 Å². The number of nitrogens with one attached hydrogen (secondary N) is 1. The van der Waals surface area contributed by atoms with E-state index in [2.05, 4.69) is 26.3 Å². The first-order valence-corrected chi connectivity index (χ1v) is 6.45. The second-order valence-electron chi connectivity index (χ2n) is 4.34. The summed E-state index contributed by atoms with van der Waals surface area (Å²) in [6.07, 6.45) is 0. The summed E-state index contributed by atoms with van der Waals surface area (Å²) in [4.78, 5) is 0. The minimum absolute atomic E-state index is 0.224. The SMILES string of the molecule is Cc1cc(F)cc(NCc2c(Br)c(C)nn2C)c1. The molecule has 0 aliphatic heterocycles. The van der Waals surface area contributed by atoms with Gasteiger partial charge >= 0.3 is 0 Å². The van der Waals surface area contributed by atoms with Gasteiger partial charge in [-0.25, -0.2) is 4.39 Å². The molecule has 0 amide bonds. The van der Waals surface area contributed by atoms with Gasteiger partial charge in [0.25, 0.3) is 0 Å². The average Bonchev–Trinajstić information content (AvgIpc) is 2.50. The van der Waals surface area contributed by atoms with Crippen molar-refractivity contribution in [1.82, 2.24) is 9.78 Å². The fourth-order valence-electron chi connectivity index (χ4n) is 1.90. The number of rotatable bonds is 3. The molecule has 0 fully saturated rings. The Morgan fingerprint density at radius 3 is 2.61 bits per heavy atom. The standard InChI is InChI=1S/C13H15BrFN3/c1-8-4-10(15)6-11(5-8)16-7-12-13(14)9(2)17-18(12)3/h4-6,16H,7H2,1-3H3. The second kappa shape index (κ2) is 5.10. The Morgan fingerprint density at radius 2 is 2.06 bits per heavy atom. The van der Waals surface area contributed by atoms with E-state index in [9.17, 15) is 4.39 Å². The van der Waals surface area contributed by atoms with E-state index < -0.39 is 0 Å². The van der Waals surface area contributed by atoms with Crippen LogP contribution in [0, 0.1) is 19.7 Å². The number of anilines is 1. The van der Waals surface area contributed by atoms with Crippen LogP contribution in [0.25, 0.3) is 0 Å². The Kier molecular flexibility index (Phi) is 3.71. The number of hydrogen-bond acceptors (Lipinski definition) is 2. The predicted octanol–water partition coefficient (Wildman–Crippen LogP) is 3.55. The number of halogens is 2. The molecule has 2 aromatic rings. The maximum Gasteiger partial charge on any atom is 0.125 e. The predicted molar refractivity (Wildman–Crippen MR) is 74.1 cm³/mol. The summed E-state index contributed by atoms with van der Waals surface area (Å²) in [5, 5.41) is 7.52. The van der Waals surface area contributed by atoms with Crippen molar-refractivity contribution in [1.29, 1.82) is 0 Å². The molecule has 0 aliphatic rings. The molecule has 1 aromatic heterocycles. The van der Waals surface area contributed by atoms with Crippen LogP contribution in [0.2, 0.25) is 0 Å². The van der Waals surface area contributed by atoms with Crippen LogP contribution >= 0.6 is 15.9 Å². The van der Waals surface area contributed by atoms with Gasteiger partial charge in [0.1, 0.15) is 5.82 Å². The van der Waals surface area contributed by atoms with Crippen molar-refractivity contribution >= 4 is 21.6 Å². The summed E-state index contributed by atoms with van der Waals surface area (Å²) in [6.45, 7) is 4.42. The summed E-state index contributed by atoms with van der Waals surface area (Å²) in [5.41, 5.74) is 3.66. The van der Waals surface area contributed by atoms with Gasteiger partial charge in [-0.2, -0.15) is 5.10 Å². The third-order valence-corrected chi connectivity index (χ3v) is 3.80. The molecule has 2 rings (SSSR count). The fourth-order valence-corrected chi connectivity index (χ4v) is 2.37. The number of nitrogens with zero attached hydrogens (tertiary/aromatic N) is 2. The van der Waals surface area contributed by atoms with E-state index >= 15 is 0 Å². The molecule has 0 saturated carbocycles. The molecule has 1 heterocycles. The van der Waals surface area contributed by atoms with Gasteiger partial charge in [-0.15, -0.1) is 0 Å². The van der Waals surface area contributed by atoms with Crippen LogP contribution in [0.15, 0.2) is 22.7 Å². The maximum absolute atomic E-state index is 13.2. The first-order chi connectivity index (χ1) is 8.47. The molecular weight excluding hydrogens is 297 g/mol. The van der Waals surface area contributed by atoms with Gasteiger partial charge < -0.3 is 5.32 Å². The molecule has 0 spiro atoms. The van der Waals surface area contributed by atoms with Crippen molar-refractivity contribution in [2.24, 2.45) is 7.05 Å². The van der Waals surface area contributed by atoms with E-state index in [-0.39, 0.29) is 5.82 Å². The molecule has 3 nitrogen and oxygen atoms in total. The zero-order valence-corrected chi connectivity index (χ0v) is 12.2. The molecule has 0 radical (unpaired) electrons. The van der Waals surface area contributed by atoms with E-state index in [1.54, 1.807) is 0 Å². The molecule has 0 atom stereocenters. The highest BCUT2D eigenvalue weighted by Gasteiger charge is 2.10. The average molecular weight is 312 g/mol. The zero-order chi connectivity index (χ0) is 13.3. The summed E-state index contributed by atoms with van der Waals surface area (Å²) in [5.74, 6) is -0.224. The number of aryl methyl sites for hydroxylation is 3. The number of aromatic nitrogens is 2. The monoisotopic (exact) mass is 311 g/mol. The fraction of sp³-hybridized carbons (Fsp3) is 0.308. The lowest BCUT2D eigenvalue weighted by Gasteiger charge is -2.08. The van der Waals surface area contributed by atoms with Crippen molar-refractivity contribution in [2.75, 3.05) is 5.32 Å². The summed E-state index contributed by atoms with van der Waals surface area (Å²) >= 11 is 3.51. The lowest BCUT2D eigenvalue weighted by atomic mass is 10.2. The van der Waals surface area contributed by atoms with Gasteiger partial charge in [0.05, 0.1) is 22.4 Å². The highest BCUT2D eigenvalue weighted by atomic mass is 79.9. The molecule has 0 saturated heterocycles. The molecule has 96 valence electrons. The molecule has 1 aromatic carbocycles. The highest BCUT2D eigenvalue weighted by Crippen LogP contribution is 2.22. The largest absolute Gasteiger partial charge is 0.379 e. The normalized spacial score (nSPS) is 10.7. The van der Waals surface area contributed by atoms with E-state index in [0.29, 0.717) is 6.54 Å². The summed E-state index contributed by atoms with van der Waals surface area (Å²) in [6, 6.07) is 4.92. The minimum Gasteiger partial charge on any atom is -0.379 e. The molecule has 0 aliphatic carbocycles. The van der Waals surface area contributed by atoms with E-state index in [1.807, 2.05) is 31.6 Å². The van der Waals surface area contributed by atoms with Crippen LogP contribution < -0.4 is 5.32 Å². The molecule has 1 N–H and O–H groups in total. The van der Waals surface area contributed by atoms with Crippen molar-refractivity contribution in [3.8, 4) is 0 Å². The van der Waals surface area contributed by atoms with Gasteiger partial charge in [0, 0.05) is 12.7 Å². The maximum atomic E-state index is 13.2. The third kappa shape index (κ3) is 2.72. The molecule has 5 heteroatoms. The van der Waals surface area contributed by atoms with Crippen LogP contribution in [-0.4, -0.2) is 9.78 Å². The molecule has 18 heavy (non-hydrogen) atoms. The summed E-state index contributed by atoms with van der Waals surface area (Å²) in [7, 11) is 1.89. The molecule has 0 unspecified atom stereocenters. The van der Waals surface area contributed by atoms with Crippen LogP contribution in [-0.2, 0) is 13.6 Å². The highest BCUT2D eigenvalue weighted by molar-refractivity contribution is 9.10. The van der Waals surface area contributed by atoms with E-state index in [1.165, 1.54) is 12.1 Å². The van der Waals surface area contributed by atoms with E-state index in [0.717, 1.165) is 27.1 Å². The van der Waals surface area contributed by atoms with Crippen LogP contribution in [0.1, 0.15) is 17.0 Å². The molecule has 0 bridgehead atoms. The Hall–Kier alpha value is -1.36. The number of hydrogen-bond donors (Lipinski definition) is 1. The van der Waals surface area contributed by atoms with Crippen LogP contribution in [0.5, 0.6) is 0 Å². The minimum atomic E-state index is -0.224. The van der Waals surface area contributed by atoms with Gasteiger partial charge in [0.2, 0.25) is 0 Å². The second-order valence-corrected chi connectivity index (χ2v) is 5.13. The van der Waals surface area contributed by atoms with Crippen molar-refractivity contribution in [2.45, 2.75) is 20.4 Å². The first kappa shape index (κ1) is 13.1. The Balaban J connectivity index is 2.16. The first-order valence-electron chi connectivity index (χ1n) is 5.66. The van der Waals surface area contributed by atoms with Crippen molar-refractivity contribution in [3.63, 3.8) is 0 Å². The van der Waals surface area contributed by atoms with Gasteiger partial charge in [-0.1, -0.05) is 0 Å². The van der Waals surface area contributed by atoms with E-state index in [4.69, 9.17) is 0 Å². The van der Waals surface area contributed by atoms with Crippen LogP contribution in [0.3, 0.4) is 0 Å². The van der Waals surface area contributed by atoms with Gasteiger partial charge in [-0.05, 0) is 53.5 Å². The summed E-state index contributed by atoms with van der Waals surface area (Å²) < 4.78 is 16.1. The van der Waals surface area contributed by atoms with Gasteiger partial charge in [-0.3, -0.25) is 4.68 Å². The van der Waals surface area contributed by atoms with Crippen molar-refractivity contribution < 1.29 is 4.39 Å². The zero-order valence-electron chi connectivity index (χ0n) is 10.6. The Labute approximate surface area is 114 Å². The van der Waals surface area contributed by atoms with Gasteiger partial charge in [0.15, 0.2) is 0 Å². The lowest BCUT2D eigenvalue weighted by Crippen LogP contribution is -2.06. The Morgan fingerprint density at radius 1 is 1.33 bits per heavy atom. The van der Waals surface area contributed by atoms with Crippen LogP contribution in [0.4, 0.5) is 10.1 Å². The third-order valence-electron chi connectivity index (χ3n) is 2.76. The smallest absolute Gasteiger partial charge is 0.125 e.